The molecule has 2 saturated heterocycles. The summed E-state index contributed by atoms with van der Waals surface area (Å²) >= 11 is 0. The molecule has 2 aliphatic heterocycles. The van der Waals surface area contributed by atoms with Gasteiger partial charge in [0.2, 0.25) is 11.8 Å². The van der Waals surface area contributed by atoms with Gasteiger partial charge in [-0.1, -0.05) is 104 Å². The van der Waals surface area contributed by atoms with Gasteiger partial charge in [-0.15, -0.1) is 0 Å². The summed E-state index contributed by atoms with van der Waals surface area (Å²) in [6, 6.07) is 36.2. The molecule has 3 fully saturated rings. The van der Waals surface area contributed by atoms with Crippen molar-refractivity contribution < 1.29 is 24.5 Å². The summed E-state index contributed by atoms with van der Waals surface area (Å²) in [6.45, 7) is 14.8. The second kappa shape index (κ2) is 20.9. The van der Waals surface area contributed by atoms with Crippen molar-refractivity contribution in [3.8, 4) is 28.0 Å². The molecule has 15 nitrogen and oxygen atoms in total. The SMILES string of the molecule is CC(C)c1ccc([C@H](C)NC(=O)C2CN(c3ncnn4cc(-c5ccc(C6(O)CCC6)cc5)cc34)C2)cc1.Cc1ccc(CNC(=O)C2CN(C(=N)c3cc(-c4ccc(OCC(C)(C)O)cc4)cn3N)C2)cc1. The number of nitrogens with zero attached hydrogens (tertiary/aromatic N) is 6. The number of aryl methyl sites for hydroxylation is 1. The third-order valence-electron chi connectivity index (χ3n) is 14.4. The number of hydrogen-bond donors (Lipinski definition) is 6. The Morgan fingerprint density at radius 1 is 0.822 bits per heavy atom. The maximum atomic E-state index is 12.9. The van der Waals surface area contributed by atoms with Gasteiger partial charge in [-0.25, -0.2) is 9.50 Å². The van der Waals surface area contributed by atoms with E-state index in [2.05, 4.69) is 81.9 Å². The fourth-order valence-corrected chi connectivity index (χ4v) is 9.35. The van der Waals surface area contributed by atoms with E-state index >= 15 is 0 Å². The highest BCUT2D eigenvalue weighted by atomic mass is 16.5. The number of amidine groups is 1. The first kappa shape index (κ1) is 50.5. The number of carbonyl (C=O) groups is 2. The van der Waals surface area contributed by atoms with E-state index in [1.54, 1.807) is 26.4 Å². The molecule has 5 heterocycles. The van der Waals surface area contributed by atoms with Crippen molar-refractivity contribution in [2.24, 2.45) is 11.8 Å². The topological polar surface area (TPSA) is 199 Å². The van der Waals surface area contributed by atoms with Crippen LogP contribution in [-0.4, -0.2) is 90.4 Å². The average molecular weight is 985 g/mol. The number of carbonyl (C=O) groups excluding carboxylic acids is 2. The smallest absolute Gasteiger partial charge is 0.227 e. The monoisotopic (exact) mass is 985 g/mol. The number of nitrogens with two attached hydrogens (primary N) is 1. The minimum Gasteiger partial charge on any atom is -0.491 e. The van der Waals surface area contributed by atoms with Gasteiger partial charge in [0.15, 0.2) is 5.82 Å². The molecule has 73 heavy (non-hydrogen) atoms. The van der Waals surface area contributed by atoms with Crippen LogP contribution in [0.3, 0.4) is 0 Å². The lowest BCUT2D eigenvalue weighted by Crippen LogP contribution is -2.56. The van der Waals surface area contributed by atoms with Crippen LogP contribution < -0.4 is 26.1 Å². The standard InChI is InChI=1S/C31H35N5O2.C27H33N5O3/c1-20(2)22-5-7-23(8-6-22)21(3)34-30(37)26-16-35(17-26)29-28-15-25(18-36(28)33-19-32-29)24-9-11-27(12-10-24)31(38)13-4-14-31;1-18-4-6-19(7-5-18)13-30-26(33)22-14-31(15-22)25(28)24-12-21(16-32(24)29)20-8-10-23(11-9-20)35-17-27(2,3)34/h5-12,15,18-21,26,38H,4,13-14,16-17H2,1-3H3,(H,34,37);4-12,16,22,28,34H,13-15,17,29H2,1-3H3,(H,30,33)/t21-;/m0./s1. The number of ether oxygens (including phenoxy) is 1. The maximum absolute atomic E-state index is 12.9. The Morgan fingerprint density at radius 2 is 1.44 bits per heavy atom. The van der Waals surface area contributed by atoms with Gasteiger partial charge in [0.05, 0.1) is 29.1 Å². The molecule has 0 radical (unpaired) electrons. The zero-order chi connectivity index (χ0) is 51.6. The van der Waals surface area contributed by atoms with Crippen LogP contribution in [0.1, 0.15) is 99.4 Å². The molecule has 2 amide bonds. The van der Waals surface area contributed by atoms with Crippen molar-refractivity contribution >= 4 is 29.0 Å². The Bertz CT molecular complexity index is 3050. The van der Waals surface area contributed by atoms with E-state index in [4.69, 9.17) is 16.0 Å². The Hall–Kier alpha value is -7.49. The number of rotatable bonds is 15. The molecule has 3 aromatic heterocycles. The van der Waals surface area contributed by atoms with Crippen LogP contribution in [0.2, 0.25) is 0 Å². The molecule has 0 bridgehead atoms. The molecule has 10 rings (SSSR count). The predicted octanol–water partition coefficient (Wildman–Crippen LogP) is 8.11. The van der Waals surface area contributed by atoms with Gasteiger partial charge in [0.25, 0.3) is 0 Å². The second-order valence-corrected chi connectivity index (χ2v) is 21.1. The normalized spacial score (nSPS) is 15.9. The summed E-state index contributed by atoms with van der Waals surface area (Å²) in [7, 11) is 0. The largest absolute Gasteiger partial charge is 0.491 e. The van der Waals surface area contributed by atoms with Crippen molar-refractivity contribution in [3.63, 3.8) is 0 Å². The van der Waals surface area contributed by atoms with Gasteiger partial charge in [-0.2, -0.15) is 5.10 Å². The van der Waals surface area contributed by atoms with Crippen molar-refractivity contribution in [2.45, 2.75) is 90.5 Å². The fourth-order valence-electron chi connectivity index (χ4n) is 9.35. The molecule has 1 saturated carbocycles. The lowest BCUT2D eigenvalue weighted by Gasteiger charge is -2.39. The van der Waals surface area contributed by atoms with E-state index in [-0.39, 0.29) is 36.3 Å². The molecule has 0 spiro atoms. The fraction of sp³-hybridized carbons (Fsp3) is 0.362. The minimum absolute atomic E-state index is 0.00494. The summed E-state index contributed by atoms with van der Waals surface area (Å²) < 4.78 is 8.90. The lowest BCUT2D eigenvalue weighted by molar-refractivity contribution is -0.128. The lowest BCUT2D eigenvalue weighted by atomic mass is 9.75. The molecule has 7 N–H and O–H groups in total. The van der Waals surface area contributed by atoms with Crippen LogP contribution in [0, 0.1) is 24.2 Å². The zero-order valence-electron chi connectivity index (χ0n) is 42.7. The molecule has 0 unspecified atom stereocenters. The highest BCUT2D eigenvalue weighted by Gasteiger charge is 2.38. The summed E-state index contributed by atoms with van der Waals surface area (Å²) in [4.78, 5) is 34.0. The first-order valence-electron chi connectivity index (χ1n) is 25.3. The molecule has 4 aromatic carbocycles. The van der Waals surface area contributed by atoms with Crippen LogP contribution >= 0.6 is 0 Å². The maximum Gasteiger partial charge on any atom is 0.227 e. The zero-order valence-corrected chi connectivity index (χ0v) is 42.7. The number of nitrogen functional groups attached to an aromatic ring is 1. The molecule has 1 aliphatic carbocycles. The number of fused-ring (bicyclic) bond motifs is 1. The Morgan fingerprint density at radius 3 is 2.05 bits per heavy atom. The van der Waals surface area contributed by atoms with Crippen LogP contribution in [0.5, 0.6) is 5.75 Å². The van der Waals surface area contributed by atoms with E-state index in [0.29, 0.717) is 55.9 Å². The van der Waals surface area contributed by atoms with Gasteiger partial charge < -0.3 is 41.2 Å². The Kier molecular flexibility index (Phi) is 14.5. The van der Waals surface area contributed by atoms with E-state index in [1.165, 1.54) is 15.8 Å². The predicted molar refractivity (Wildman–Crippen MR) is 286 cm³/mol. The minimum atomic E-state index is -0.900. The number of amides is 2. The number of likely N-dealkylation sites (tertiary alicyclic amines) is 1. The molecule has 15 heteroatoms. The summed E-state index contributed by atoms with van der Waals surface area (Å²) in [5, 5.41) is 39.6. The summed E-state index contributed by atoms with van der Waals surface area (Å²) in [5.74, 6) is 8.33. The first-order chi connectivity index (χ1) is 34.9. The van der Waals surface area contributed by atoms with Crippen LogP contribution in [-0.2, 0) is 21.7 Å². The van der Waals surface area contributed by atoms with Crippen molar-refractivity contribution in [1.82, 2.24) is 34.8 Å². The first-order valence-corrected chi connectivity index (χ1v) is 25.3. The second-order valence-electron chi connectivity index (χ2n) is 21.1. The summed E-state index contributed by atoms with van der Waals surface area (Å²) in [5.41, 5.74) is 9.56. The highest BCUT2D eigenvalue weighted by Crippen LogP contribution is 2.42. The van der Waals surface area contributed by atoms with Crippen LogP contribution in [0.25, 0.3) is 27.8 Å². The van der Waals surface area contributed by atoms with Gasteiger partial charge in [0, 0.05) is 56.2 Å². The van der Waals surface area contributed by atoms with Gasteiger partial charge in [0.1, 0.15) is 35.7 Å². The number of hydrogen-bond acceptors (Lipinski definition) is 10. The van der Waals surface area contributed by atoms with E-state index < -0.39 is 11.2 Å². The molecule has 380 valence electrons. The molecular formula is C58H68N10O5. The van der Waals surface area contributed by atoms with E-state index in [1.807, 2.05) is 96.2 Å². The third-order valence-corrected chi connectivity index (χ3v) is 14.4. The number of aromatic nitrogens is 4. The van der Waals surface area contributed by atoms with Gasteiger partial charge in [-0.05, 0) is 111 Å². The average Bonchev–Trinajstić information content (AvgIpc) is 3.96. The third kappa shape index (κ3) is 11.6. The van der Waals surface area contributed by atoms with E-state index in [0.717, 1.165) is 69.5 Å². The molecular weight excluding hydrogens is 917 g/mol. The van der Waals surface area contributed by atoms with Crippen LogP contribution in [0.4, 0.5) is 5.82 Å². The van der Waals surface area contributed by atoms with Crippen LogP contribution in [0.15, 0.2) is 128 Å². The van der Waals surface area contributed by atoms with Crippen molar-refractivity contribution in [3.05, 3.63) is 161 Å². The number of benzene rings is 4. The number of aliphatic hydroxyl groups is 2. The van der Waals surface area contributed by atoms with Crippen molar-refractivity contribution in [2.75, 3.05) is 43.5 Å². The Labute approximate surface area is 427 Å². The quantitative estimate of drug-likeness (QED) is 0.0332. The number of nitrogens with one attached hydrogen (secondary N) is 3. The Balaban J connectivity index is 0.000000181. The molecule has 3 aliphatic rings. The molecule has 1 atom stereocenters. The van der Waals surface area contributed by atoms with Gasteiger partial charge in [-0.3, -0.25) is 19.7 Å². The number of anilines is 1. The van der Waals surface area contributed by atoms with Crippen molar-refractivity contribution in [1.29, 1.82) is 5.41 Å². The summed E-state index contributed by atoms with van der Waals surface area (Å²) in [6.07, 6.45) is 8.10. The highest BCUT2D eigenvalue weighted by molar-refractivity contribution is 5.98. The molecule has 7 aromatic rings. The van der Waals surface area contributed by atoms with Gasteiger partial charge >= 0.3 is 0 Å². The van der Waals surface area contributed by atoms with E-state index in [9.17, 15) is 19.8 Å².